The molecule has 10 rings (SSSR count). The minimum Gasteiger partial charge on any atom is -0.497 e. The maximum Gasteiger partial charge on any atom is 0.118 e. The fraction of sp³-hybridized carbons (Fsp3) is 0.156. The summed E-state index contributed by atoms with van der Waals surface area (Å²) in [6.45, 7) is 5.16. The summed E-state index contributed by atoms with van der Waals surface area (Å²) in [6.07, 6.45) is 1.74. The standard InChI is InChI=1S/C64H58O4Si2/c1-65-53-35-27-49(28-36-53)61-57(45-19-11-7-12-20-45)59(47-23-15-9-16-24-47)63(69(61)5,51-31-39-55(67-3)40-32-51)43-44-64(52-33-41-56(68-4)42-34-52)60(48-25-17-10-18-26-48)58(46-21-13-8-14-22-46)62(70(64)6)50-29-37-54(66-2)38-30-50/h7-42H,43-44H2,1-6H3. The van der Waals surface area contributed by atoms with Crippen molar-refractivity contribution in [3.05, 3.63) is 263 Å². The molecule has 0 spiro atoms. The fourth-order valence-corrected chi connectivity index (χ4v) is 18.5. The van der Waals surface area contributed by atoms with E-state index >= 15 is 0 Å². The van der Waals surface area contributed by atoms with Crippen molar-refractivity contribution in [2.24, 2.45) is 0 Å². The van der Waals surface area contributed by atoms with Gasteiger partial charge in [-0.05, 0) is 139 Å². The molecule has 4 nitrogen and oxygen atoms in total. The first kappa shape index (κ1) is 46.3. The van der Waals surface area contributed by atoms with Crippen molar-refractivity contribution in [2.75, 3.05) is 28.4 Å². The smallest absolute Gasteiger partial charge is 0.118 e. The van der Waals surface area contributed by atoms with Gasteiger partial charge in [-0.25, -0.2) is 0 Å². The molecule has 0 saturated heterocycles. The van der Waals surface area contributed by atoms with Gasteiger partial charge < -0.3 is 18.9 Å². The molecule has 0 aromatic heterocycles. The molecule has 2 atom stereocenters. The van der Waals surface area contributed by atoms with Crippen LogP contribution in [0, 0.1) is 0 Å². The lowest BCUT2D eigenvalue weighted by Crippen LogP contribution is -2.43. The van der Waals surface area contributed by atoms with Crippen molar-refractivity contribution in [1.29, 1.82) is 0 Å². The molecular formula is C64H58O4Si2. The normalized spacial score (nSPS) is 17.9. The molecule has 6 heteroatoms. The molecule has 0 amide bonds. The predicted octanol–water partition coefficient (Wildman–Crippen LogP) is 13.9. The molecular weight excluding hydrogens is 889 g/mol. The van der Waals surface area contributed by atoms with E-state index in [-0.39, 0.29) is 0 Å². The van der Waals surface area contributed by atoms with Gasteiger partial charge >= 0.3 is 0 Å². The van der Waals surface area contributed by atoms with Crippen LogP contribution in [0.5, 0.6) is 23.0 Å². The lowest BCUT2D eigenvalue weighted by molar-refractivity contribution is 0.414. The number of hydrogen-bond acceptors (Lipinski definition) is 4. The van der Waals surface area contributed by atoms with Crippen molar-refractivity contribution in [2.45, 2.75) is 36.0 Å². The minimum atomic E-state index is -1.56. The maximum absolute atomic E-state index is 5.90. The van der Waals surface area contributed by atoms with E-state index in [9.17, 15) is 0 Å². The molecule has 0 radical (unpaired) electrons. The van der Waals surface area contributed by atoms with Crippen molar-refractivity contribution in [3.63, 3.8) is 0 Å². The van der Waals surface area contributed by atoms with Crippen LogP contribution in [0.25, 0.3) is 22.3 Å². The average molecular weight is 947 g/mol. The number of benzene rings is 8. The molecule has 2 aliphatic heterocycles. The van der Waals surface area contributed by atoms with Gasteiger partial charge in [0.2, 0.25) is 0 Å². The lowest BCUT2D eigenvalue weighted by Gasteiger charge is -2.42. The lowest BCUT2D eigenvalue weighted by atomic mass is 9.72. The highest BCUT2D eigenvalue weighted by molar-refractivity contribution is 6.89. The van der Waals surface area contributed by atoms with Gasteiger partial charge in [0, 0.05) is 26.9 Å². The van der Waals surface area contributed by atoms with Gasteiger partial charge in [0.1, 0.15) is 23.0 Å². The molecule has 346 valence electrons. The van der Waals surface area contributed by atoms with Crippen molar-refractivity contribution in [1.82, 2.24) is 0 Å². The van der Waals surface area contributed by atoms with E-state index < -0.39 is 26.9 Å². The second kappa shape index (κ2) is 19.9. The summed E-state index contributed by atoms with van der Waals surface area (Å²) in [5, 5.41) is 1.99. The zero-order valence-corrected chi connectivity index (χ0v) is 42.8. The van der Waals surface area contributed by atoms with Crippen LogP contribution in [0.1, 0.15) is 57.3 Å². The van der Waals surface area contributed by atoms with Crippen LogP contribution in [-0.4, -0.2) is 55.6 Å². The predicted molar refractivity (Wildman–Crippen MR) is 295 cm³/mol. The highest BCUT2D eigenvalue weighted by Gasteiger charge is 2.53. The Balaban J connectivity index is 1.34. The topological polar surface area (TPSA) is 36.9 Å². The third kappa shape index (κ3) is 8.05. The van der Waals surface area contributed by atoms with Crippen molar-refractivity contribution >= 4 is 49.4 Å². The molecule has 8 aromatic rings. The van der Waals surface area contributed by atoms with E-state index in [1.165, 1.54) is 77.1 Å². The van der Waals surface area contributed by atoms with Crippen molar-refractivity contribution < 1.29 is 18.9 Å². The number of methoxy groups -OCH3 is 4. The van der Waals surface area contributed by atoms with E-state index in [1.807, 2.05) is 0 Å². The first-order valence-corrected chi connectivity index (χ1v) is 28.1. The Bertz CT molecular complexity index is 3030. The third-order valence-corrected chi connectivity index (χ3v) is 21.6. The molecule has 8 aromatic carbocycles. The zero-order valence-electron chi connectivity index (χ0n) is 40.8. The highest BCUT2D eigenvalue weighted by atomic mass is 28.2. The van der Waals surface area contributed by atoms with E-state index in [1.54, 1.807) is 28.4 Å². The summed E-state index contributed by atoms with van der Waals surface area (Å²) in [4.78, 5) is 0. The summed E-state index contributed by atoms with van der Waals surface area (Å²) < 4.78 is 23.3. The number of ether oxygens (including phenoxy) is 4. The summed E-state index contributed by atoms with van der Waals surface area (Å²) >= 11 is 0. The van der Waals surface area contributed by atoms with Crippen LogP contribution in [0.15, 0.2) is 218 Å². The molecule has 0 N–H and O–H groups in total. The SMILES string of the molecule is COc1ccc(C2=[Si](C)C(CCC3(c4ccc(OC)cc4)C(c4ccccc4)=C(c4ccccc4)C(c4ccc(OC)cc4)=[Si]3C)(c3ccc(OC)cc3)C(c3ccccc3)=C2c2ccccc2)cc1. The Morgan fingerprint density at radius 3 is 0.829 bits per heavy atom. The Hall–Kier alpha value is -7.39. The van der Waals surface area contributed by atoms with E-state index in [4.69, 9.17) is 18.9 Å². The van der Waals surface area contributed by atoms with Gasteiger partial charge in [0.05, 0.1) is 28.4 Å². The van der Waals surface area contributed by atoms with Gasteiger partial charge in [-0.3, -0.25) is 0 Å². The quantitative estimate of drug-likeness (QED) is 0.0960. The second-order valence-electron chi connectivity index (χ2n) is 18.2. The largest absolute Gasteiger partial charge is 0.497 e. The van der Waals surface area contributed by atoms with Crippen LogP contribution in [0.4, 0.5) is 0 Å². The van der Waals surface area contributed by atoms with Crippen LogP contribution >= 0.6 is 0 Å². The maximum atomic E-state index is 5.90. The summed E-state index contributed by atoms with van der Waals surface area (Å²) in [5.74, 6) is 3.39. The Morgan fingerprint density at radius 2 is 0.557 bits per heavy atom. The summed E-state index contributed by atoms with van der Waals surface area (Å²) in [7, 11) is 3.89. The molecule has 0 fully saturated rings. The molecule has 0 aliphatic carbocycles. The first-order valence-electron chi connectivity index (χ1n) is 24.1. The minimum absolute atomic E-state index is 0.433. The number of rotatable bonds is 15. The summed E-state index contributed by atoms with van der Waals surface area (Å²) in [5.41, 5.74) is 15.4. The van der Waals surface area contributed by atoms with Crippen LogP contribution in [-0.2, 0) is 10.1 Å². The van der Waals surface area contributed by atoms with Gasteiger partial charge in [0.25, 0.3) is 0 Å². The van der Waals surface area contributed by atoms with Crippen LogP contribution in [0.3, 0.4) is 0 Å². The van der Waals surface area contributed by atoms with E-state index in [0.717, 1.165) is 35.8 Å². The Kier molecular flexibility index (Phi) is 13.2. The highest BCUT2D eigenvalue weighted by Crippen LogP contribution is 2.58. The average Bonchev–Trinajstić information content (AvgIpc) is 3.86. The monoisotopic (exact) mass is 946 g/mol. The summed E-state index contributed by atoms with van der Waals surface area (Å²) in [6, 6.07) is 80.4. The van der Waals surface area contributed by atoms with Gasteiger partial charge in [0.15, 0.2) is 0 Å². The second-order valence-corrected chi connectivity index (χ2v) is 23.4. The molecule has 70 heavy (non-hydrogen) atoms. The van der Waals surface area contributed by atoms with Crippen LogP contribution in [0.2, 0.25) is 13.1 Å². The third-order valence-electron chi connectivity index (χ3n) is 14.9. The van der Waals surface area contributed by atoms with Crippen molar-refractivity contribution in [3.8, 4) is 23.0 Å². The van der Waals surface area contributed by atoms with Gasteiger partial charge in [-0.15, -0.1) is 0 Å². The molecule has 0 saturated carbocycles. The van der Waals surface area contributed by atoms with Crippen LogP contribution < -0.4 is 18.9 Å². The molecule has 2 heterocycles. The molecule has 2 unspecified atom stereocenters. The Labute approximate surface area is 416 Å². The van der Waals surface area contributed by atoms with Gasteiger partial charge in [-0.1, -0.05) is 183 Å². The number of hydrogen-bond donors (Lipinski definition) is 0. The molecule has 0 bridgehead atoms. The molecule has 2 aliphatic rings. The first-order chi connectivity index (χ1) is 34.4. The van der Waals surface area contributed by atoms with E-state index in [0.29, 0.717) is 0 Å². The zero-order chi connectivity index (χ0) is 48.2. The van der Waals surface area contributed by atoms with Gasteiger partial charge in [-0.2, -0.15) is 0 Å². The Morgan fingerprint density at radius 1 is 0.300 bits per heavy atom. The number of allylic oxidation sites excluding steroid dienone is 4. The fourth-order valence-electron chi connectivity index (χ4n) is 11.6. The van der Waals surface area contributed by atoms with E-state index in [2.05, 4.69) is 231 Å².